The lowest BCUT2D eigenvalue weighted by molar-refractivity contribution is 0.564. The summed E-state index contributed by atoms with van der Waals surface area (Å²) in [5.74, 6) is 0.202. The van der Waals surface area contributed by atoms with Crippen molar-refractivity contribution in [2.75, 3.05) is 4.90 Å². The maximum Gasteiger partial charge on any atom is 0.174 e. The minimum atomic E-state index is -0.247. The fourth-order valence-corrected chi connectivity index (χ4v) is 5.41. The van der Waals surface area contributed by atoms with Gasteiger partial charge in [0.05, 0.1) is 23.5 Å². The van der Waals surface area contributed by atoms with Gasteiger partial charge in [0.15, 0.2) is 5.11 Å². The molecule has 0 amide bonds. The van der Waals surface area contributed by atoms with Crippen molar-refractivity contribution in [1.29, 1.82) is 0 Å². The summed E-state index contributed by atoms with van der Waals surface area (Å²) in [7, 11) is 0. The van der Waals surface area contributed by atoms with Crippen LogP contribution in [-0.4, -0.2) is 14.7 Å². The maximum atomic E-state index is 14.8. The number of hydrogen-bond acceptors (Lipinski definition) is 2. The quantitative estimate of drug-likeness (QED) is 0.312. The van der Waals surface area contributed by atoms with E-state index in [2.05, 4.69) is 59.4 Å². The molecular formula is C29H29FN4S. The number of benzene rings is 2. The van der Waals surface area contributed by atoms with Crippen LogP contribution in [0.5, 0.6) is 0 Å². The zero-order chi connectivity index (χ0) is 24.7. The van der Waals surface area contributed by atoms with Gasteiger partial charge in [-0.1, -0.05) is 44.2 Å². The van der Waals surface area contributed by atoms with Crippen LogP contribution in [0.3, 0.4) is 0 Å². The lowest BCUT2D eigenvalue weighted by atomic mass is 9.96. The summed E-state index contributed by atoms with van der Waals surface area (Å²) in [6.45, 7) is 8.44. The number of thiocarbonyl (C=S) groups is 1. The van der Waals surface area contributed by atoms with Crippen molar-refractivity contribution in [3.63, 3.8) is 0 Å². The first-order valence-electron chi connectivity index (χ1n) is 11.9. The highest BCUT2D eigenvalue weighted by Crippen LogP contribution is 2.44. The van der Waals surface area contributed by atoms with Crippen LogP contribution in [0.15, 0.2) is 79.0 Å². The van der Waals surface area contributed by atoms with Gasteiger partial charge in [0.2, 0.25) is 0 Å². The number of nitrogens with one attached hydrogen (secondary N) is 1. The van der Waals surface area contributed by atoms with Gasteiger partial charge in [-0.15, -0.1) is 0 Å². The number of nitrogens with zero attached hydrogens (tertiary/aromatic N) is 3. The predicted octanol–water partition coefficient (Wildman–Crippen LogP) is 6.93. The second-order valence-electron chi connectivity index (χ2n) is 9.36. The molecule has 2 aromatic heterocycles. The monoisotopic (exact) mass is 484 g/mol. The lowest BCUT2D eigenvalue weighted by Gasteiger charge is -2.28. The Morgan fingerprint density at radius 1 is 0.971 bits per heavy atom. The largest absolute Gasteiger partial charge is 0.351 e. The number of aromatic nitrogens is 2. The molecule has 178 valence electrons. The average molecular weight is 485 g/mol. The molecule has 0 saturated carbocycles. The van der Waals surface area contributed by atoms with Gasteiger partial charge in [0, 0.05) is 23.3 Å². The number of aryl methyl sites for hydroxylation is 1. The van der Waals surface area contributed by atoms with E-state index in [0.29, 0.717) is 16.7 Å². The molecule has 3 heterocycles. The number of hydrogen-bond donors (Lipinski definition) is 1. The Bertz CT molecular complexity index is 1360. The van der Waals surface area contributed by atoms with E-state index in [-0.39, 0.29) is 17.9 Å². The fourth-order valence-electron chi connectivity index (χ4n) is 5.06. The standard InChI is InChI=1S/C29H29FN4S/c1-18(2)21-12-14-22(15-13-21)34-28(27(32-29(34)35)25-10-7-8-16-31-25)23-17-19(3)33(20(23)4)26-11-6-5-9-24(26)30/h5-18,27-28H,1-4H3,(H,32,35)/t27-,28+/m0/s1. The molecule has 1 saturated heterocycles. The number of halogens is 1. The van der Waals surface area contributed by atoms with Crippen LogP contribution in [-0.2, 0) is 0 Å². The zero-order valence-corrected chi connectivity index (χ0v) is 21.2. The van der Waals surface area contributed by atoms with Gasteiger partial charge < -0.3 is 14.8 Å². The van der Waals surface area contributed by atoms with Crippen molar-refractivity contribution in [3.05, 3.63) is 113 Å². The first kappa shape index (κ1) is 23.2. The molecule has 4 aromatic rings. The molecule has 1 aliphatic heterocycles. The van der Waals surface area contributed by atoms with Crippen LogP contribution in [0.4, 0.5) is 10.1 Å². The van der Waals surface area contributed by atoms with Gasteiger partial charge in [-0.2, -0.15) is 0 Å². The molecule has 2 aromatic carbocycles. The molecule has 1 N–H and O–H groups in total. The lowest BCUT2D eigenvalue weighted by Crippen LogP contribution is -2.29. The minimum absolute atomic E-state index is 0.144. The SMILES string of the molecule is Cc1cc([C@@H]2[C@H](c3ccccn3)NC(=S)N2c2ccc(C(C)C)cc2)c(C)n1-c1ccccc1F. The van der Waals surface area contributed by atoms with E-state index in [1.807, 2.05) is 48.7 Å². The highest BCUT2D eigenvalue weighted by molar-refractivity contribution is 7.80. The average Bonchev–Trinajstić information content (AvgIpc) is 3.35. The van der Waals surface area contributed by atoms with E-state index in [0.717, 1.165) is 28.3 Å². The third-order valence-corrected chi connectivity index (χ3v) is 7.13. The Labute approximate surface area is 211 Å². The Morgan fingerprint density at radius 2 is 1.69 bits per heavy atom. The zero-order valence-electron chi connectivity index (χ0n) is 20.4. The van der Waals surface area contributed by atoms with E-state index in [1.165, 1.54) is 11.6 Å². The minimum Gasteiger partial charge on any atom is -0.351 e. The van der Waals surface area contributed by atoms with Crippen LogP contribution in [0.2, 0.25) is 0 Å². The molecule has 0 bridgehead atoms. The first-order valence-corrected chi connectivity index (χ1v) is 12.3. The highest BCUT2D eigenvalue weighted by atomic mass is 32.1. The van der Waals surface area contributed by atoms with Crippen LogP contribution < -0.4 is 10.2 Å². The van der Waals surface area contributed by atoms with Crippen molar-refractivity contribution in [3.8, 4) is 5.69 Å². The van der Waals surface area contributed by atoms with Crippen molar-refractivity contribution in [1.82, 2.24) is 14.9 Å². The predicted molar refractivity (Wildman–Crippen MR) is 144 cm³/mol. The number of pyridine rings is 1. The summed E-state index contributed by atoms with van der Waals surface area (Å²) >= 11 is 5.88. The second kappa shape index (κ2) is 9.27. The molecule has 4 nitrogen and oxygen atoms in total. The highest BCUT2D eigenvalue weighted by Gasteiger charge is 2.42. The van der Waals surface area contributed by atoms with Crippen LogP contribution in [0, 0.1) is 19.7 Å². The van der Waals surface area contributed by atoms with Crippen molar-refractivity contribution in [2.24, 2.45) is 0 Å². The van der Waals surface area contributed by atoms with E-state index < -0.39 is 0 Å². The Balaban J connectivity index is 1.67. The number of para-hydroxylation sites is 1. The van der Waals surface area contributed by atoms with Gasteiger partial charge in [-0.3, -0.25) is 4.98 Å². The van der Waals surface area contributed by atoms with Crippen LogP contribution in [0.1, 0.15) is 60.1 Å². The first-order chi connectivity index (χ1) is 16.9. The number of anilines is 1. The summed E-state index contributed by atoms with van der Waals surface area (Å²) < 4.78 is 16.8. The van der Waals surface area contributed by atoms with Crippen LogP contribution in [0.25, 0.3) is 5.69 Å². The summed E-state index contributed by atoms with van der Waals surface area (Å²) in [5, 5.41) is 4.17. The third kappa shape index (κ3) is 4.12. The van der Waals surface area contributed by atoms with Gasteiger partial charge in [0.1, 0.15) is 5.82 Å². The summed E-state index contributed by atoms with van der Waals surface area (Å²) in [5.41, 5.74) is 6.79. The molecule has 6 heteroatoms. The molecule has 0 unspecified atom stereocenters. The summed E-state index contributed by atoms with van der Waals surface area (Å²) in [6, 6.07) is 23.3. The van der Waals surface area contributed by atoms with Crippen LogP contribution >= 0.6 is 12.2 Å². The fraction of sp³-hybridized carbons (Fsp3) is 0.241. The van der Waals surface area contributed by atoms with Gasteiger partial charge in [0.25, 0.3) is 0 Å². The van der Waals surface area contributed by atoms with Crippen molar-refractivity contribution in [2.45, 2.75) is 45.7 Å². The second-order valence-corrected chi connectivity index (χ2v) is 9.74. The molecule has 1 aliphatic rings. The summed E-state index contributed by atoms with van der Waals surface area (Å²) in [6.07, 6.45) is 1.81. The normalized spacial score (nSPS) is 17.8. The molecule has 5 rings (SSSR count). The topological polar surface area (TPSA) is 33.1 Å². The Hall–Kier alpha value is -3.51. The van der Waals surface area contributed by atoms with Crippen molar-refractivity contribution >= 4 is 23.0 Å². The van der Waals surface area contributed by atoms with Crippen molar-refractivity contribution < 1.29 is 4.39 Å². The van der Waals surface area contributed by atoms with E-state index in [9.17, 15) is 4.39 Å². The maximum absolute atomic E-state index is 14.8. The van der Waals surface area contributed by atoms with E-state index in [4.69, 9.17) is 12.2 Å². The molecule has 1 fully saturated rings. The van der Waals surface area contributed by atoms with Gasteiger partial charge in [-0.05, 0) is 85.6 Å². The Morgan fingerprint density at radius 3 is 2.34 bits per heavy atom. The molecule has 0 radical (unpaired) electrons. The molecular weight excluding hydrogens is 455 g/mol. The van der Waals surface area contributed by atoms with E-state index >= 15 is 0 Å². The molecule has 2 atom stereocenters. The third-order valence-electron chi connectivity index (χ3n) is 6.82. The molecule has 0 spiro atoms. The smallest absolute Gasteiger partial charge is 0.174 e. The number of rotatable bonds is 5. The van der Waals surface area contributed by atoms with E-state index in [1.54, 1.807) is 12.3 Å². The molecule has 35 heavy (non-hydrogen) atoms. The summed E-state index contributed by atoms with van der Waals surface area (Å²) in [4.78, 5) is 6.82. The Kier molecular flexibility index (Phi) is 6.15. The molecule has 0 aliphatic carbocycles. The van der Waals surface area contributed by atoms with Gasteiger partial charge >= 0.3 is 0 Å². The van der Waals surface area contributed by atoms with Gasteiger partial charge in [-0.25, -0.2) is 4.39 Å².